The molecule has 1 aromatic heterocycles. The van der Waals surface area contributed by atoms with Gasteiger partial charge in [-0.25, -0.2) is 22.8 Å². The van der Waals surface area contributed by atoms with Crippen molar-refractivity contribution in [2.75, 3.05) is 6.54 Å². The summed E-state index contributed by atoms with van der Waals surface area (Å²) in [6, 6.07) is 3.71. The van der Waals surface area contributed by atoms with Crippen molar-refractivity contribution in [3.63, 3.8) is 0 Å². The minimum absolute atomic E-state index is 0.143. The van der Waals surface area contributed by atoms with Gasteiger partial charge in [-0.15, -0.1) is 0 Å². The zero-order valence-electron chi connectivity index (χ0n) is 11.5. The number of aromatic nitrogens is 2. The summed E-state index contributed by atoms with van der Waals surface area (Å²) >= 11 is 0. The maximum atomic E-state index is 13.2. The Bertz CT molecular complexity index is 793. The highest BCUT2D eigenvalue weighted by Gasteiger charge is 2.30. The van der Waals surface area contributed by atoms with Crippen molar-refractivity contribution in [1.82, 2.24) is 14.3 Å². The summed E-state index contributed by atoms with van der Waals surface area (Å²) in [4.78, 5) is 8.23. The van der Waals surface area contributed by atoms with Crippen LogP contribution in [0.15, 0.2) is 35.6 Å². The molecule has 1 aliphatic rings. The second kappa shape index (κ2) is 5.16. The van der Waals surface area contributed by atoms with E-state index in [0.29, 0.717) is 18.5 Å². The van der Waals surface area contributed by atoms with E-state index in [0.717, 1.165) is 11.3 Å². The number of fused-ring (bicyclic) bond motifs is 1. The fourth-order valence-corrected chi connectivity index (χ4v) is 4.11. The lowest BCUT2D eigenvalue weighted by Gasteiger charge is -2.27. The Morgan fingerprint density at radius 2 is 2.14 bits per heavy atom. The molecule has 0 amide bonds. The van der Waals surface area contributed by atoms with Gasteiger partial charge in [-0.1, -0.05) is 0 Å². The average Bonchev–Trinajstić information content (AvgIpc) is 2.46. The Kier molecular flexibility index (Phi) is 3.46. The van der Waals surface area contributed by atoms with Gasteiger partial charge >= 0.3 is 0 Å². The molecule has 0 bridgehead atoms. The van der Waals surface area contributed by atoms with Crippen LogP contribution in [0.2, 0.25) is 0 Å². The number of rotatable bonds is 2. The van der Waals surface area contributed by atoms with Crippen LogP contribution in [-0.2, 0) is 23.0 Å². The first-order valence-corrected chi connectivity index (χ1v) is 7.96. The van der Waals surface area contributed by atoms with E-state index < -0.39 is 15.8 Å². The van der Waals surface area contributed by atoms with E-state index in [-0.39, 0.29) is 11.4 Å². The van der Waals surface area contributed by atoms with Gasteiger partial charge in [0, 0.05) is 37.0 Å². The molecule has 21 heavy (non-hydrogen) atoms. The number of sulfonamides is 1. The summed E-state index contributed by atoms with van der Waals surface area (Å²) in [5.74, 6) is -0.441. The molecule has 0 fully saturated rings. The van der Waals surface area contributed by atoms with Crippen LogP contribution in [0.4, 0.5) is 4.39 Å². The summed E-state index contributed by atoms with van der Waals surface area (Å²) < 4.78 is 39.9. The Labute approximate surface area is 122 Å². The molecule has 7 heteroatoms. The fourth-order valence-electron chi connectivity index (χ4n) is 2.49. The molecule has 1 aromatic carbocycles. The van der Waals surface area contributed by atoms with Gasteiger partial charge in [0.15, 0.2) is 0 Å². The minimum atomic E-state index is -3.64. The third-order valence-corrected chi connectivity index (χ3v) is 5.59. The molecule has 3 rings (SSSR count). The third-order valence-electron chi connectivity index (χ3n) is 3.58. The number of hydrogen-bond acceptors (Lipinski definition) is 4. The van der Waals surface area contributed by atoms with Gasteiger partial charge in [-0.3, -0.25) is 0 Å². The first-order valence-electron chi connectivity index (χ1n) is 6.52. The second-order valence-corrected chi connectivity index (χ2v) is 6.90. The third kappa shape index (κ3) is 2.54. The van der Waals surface area contributed by atoms with Crippen molar-refractivity contribution in [2.24, 2.45) is 0 Å². The van der Waals surface area contributed by atoms with E-state index >= 15 is 0 Å². The highest BCUT2D eigenvalue weighted by molar-refractivity contribution is 7.89. The fraction of sp³-hybridized carbons (Fsp3) is 0.286. The molecule has 110 valence electrons. The van der Waals surface area contributed by atoms with Crippen LogP contribution < -0.4 is 0 Å². The van der Waals surface area contributed by atoms with Crippen molar-refractivity contribution in [3.8, 4) is 0 Å². The largest absolute Gasteiger partial charge is 0.244 e. The number of halogens is 1. The lowest BCUT2D eigenvalue weighted by Crippen LogP contribution is -2.36. The molecule has 0 atom stereocenters. The first kappa shape index (κ1) is 14.1. The van der Waals surface area contributed by atoms with Crippen molar-refractivity contribution >= 4 is 10.0 Å². The molecule has 0 spiro atoms. The summed E-state index contributed by atoms with van der Waals surface area (Å²) in [5, 5.41) is 0. The lowest BCUT2D eigenvalue weighted by molar-refractivity contribution is 0.386. The Morgan fingerprint density at radius 3 is 2.90 bits per heavy atom. The van der Waals surface area contributed by atoms with E-state index in [1.54, 1.807) is 13.1 Å². The van der Waals surface area contributed by atoms with Crippen LogP contribution in [0, 0.1) is 12.7 Å². The summed E-state index contributed by atoms with van der Waals surface area (Å²) in [6.45, 7) is 2.20. The Hall–Kier alpha value is -1.86. The first-order chi connectivity index (χ1) is 9.98. The van der Waals surface area contributed by atoms with E-state index in [2.05, 4.69) is 9.97 Å². The van der Waals surface area contributed by atoms with Crippen LogP contribution >= 0.6 is 0 Å². The van der Waals surface area contributed by atoms with Crippen LogP contribution in [0.1, 0.15) is 16.8 Å². The Morgan fingerprint density at radius 1 is 1.33 bits per heavy atom. The van der Waals surface area contributed by atoms with Crippen LogP contribution in [0.25, 0.3) is 0 Å². The lowest BCUT2D eigenvalue weighted by atomic mass is 10.1. The standard InChI is InChI=1S/C14H14FN3O2S/c1-10-6-12(15)2-3-14(10)21(19,20)18-5-4-13-11(8-18)7-16-9-17-13/h2-3,6-7,9H,4-5,8H2,1H3. The monoisotopic (exact) mass is 307 g/mol. The maximum Gasteiger partial charge on any atom is 0.243 e. The molecule has 0 N–H and O–H groups in total. The van der Waals surface area contributed by atoms with Crippen LogP contribution in [0.5, 0.6) is 0 Å². The second-order valence-electron chi connectivity index (χ2n) is 4.99. The summed E-state index contributed by atoms with van der Waals surface area (Å²) in [7, 11) is -3.64. The van der Waals surface area contributed by atoms with Gasteiger partial charge in [-0.05, 0) is 30.7 Å². The molecule has 5 nitrogen and oxygen atoms in total. The van der Waals surface area contributed by atoms with E-state index in [9.17, 15) is 12.8 Å². The average molecular weight is 307 g/mol. The highest BCUT2D eigenvalue weighted by Crippen LogP contribution is 2.25. The molecule has 0 saturated carbocycles. The number of nitrogens with zero attached hydrogens (tertiary/aromatic N) is 3. The van der Waals surface area contributed by atoms with E-state index in [1.807, 2.05) is 0 Å². The van der Waals surface area contributed by atoms with Gasteiger partial charge < -0.3 is 0 Å². The number of benzene rings is 1. The predicted octanol–water partition coefficient (Wildman–Crippen LogP) is 1.67. The summed E-state index contributed by atoms with van der Waals surface area (Å²) in [5.41, 5.74) is 2.10. The summed E-state index contributed by atoms with van der Waals surface area (Å²) in [6.07, 6.45) is 3.66. The quantitative estimate of drug-likeness (QED) is 0.846. The zero-order valence-corrected chi connectivity index (χ0v) is 12.3. The maximum absolute atomic E-state index is 13.2. The number of hydrogen-bond donors (Lipinski definition) is 0. The number of aryl methyl sites for hydroxylation is 1. The van der Waals surface area contributed by atoms with Gasteiger partial charge in [0.2, 0.25) is 10.0 Å². The smallest absolute Gasteiger partial charge is 0.243 e. The van der Waals surface area contributed by atoms with Crippen molar-refractivity contribution < 1.29 is 12.8 Å². The van der Waals surface area contributed by atoms with Crippen molar-refractivity contribution in [1.29, 1.82) is 0 Å². The molecule has 0 radical (unpaired) electrons. The van der Waals surface area contributed by atoms with Gasteiger partial charge in [0.25, 0.3) is 0 Å². The van der Waals surface area contributed by atoms with Gasteiger partial charge in [0.1, 0.15) is 12.1 Å². The van der Waals surface area contributed by atoms with Gasteiger partial charge in [0.05, 0.1) is 4.90 Å². The Balaban J connectivity index is 1.97. The minimum Gasteiger partial charge on any atom is -0.244 e. The van der Waals surface area contributed by atoms with Crippen molar-refractivity contribution in [3.05, 3.63) is 53.4 Å². The van der Waals surface area contributed by atoms with E-state index in [1.165, 1.54) is 28.8 Å². The molecular weight excluding hydrogens is 293 g/mol. The topological polar surface area (TPSA) is 63.2 Å². The highest BCUT2D eigenvalue weighted by atomic mass is 32.2. The van der Waals surface area contributed by atoms with E-state index in [4.69, 9.17) is 0 Å². The zero-order chi connectivity index (χ0) is 15.0. The van der Waals surface area contributed by atoms with Crippen molar-refractivity contribution in [2.45, 2.75) is 24.8 Å². The normalized spacial score (nSPS) is 15.7. The molecule has 0 unspecified atom stereocenters. The van der Waals surface area contributed by atoms with Crippen LogP contribution in [0.3, 0.4) is 0 Å². The molecule has 0 saturated heterocycles. The van der Waals surface area contributed by atoms with Gasteiger partial charge in [-0.2, -0.15) is 4.31 Å². The molecule has 2 aromatic rings. The molecular formula is C14H14FN3O2S. The molecule has 0 aliphatic carbocycles. The SMILES string of the molecule is Cc1cc(F)ccc1S(=O)(=O)N1CCc2ncncc2C1. The molecule has 2 heterocycles. The van der Waals surface area contributed by atoms with Crippen LogP contribution in [-0.4, -0.2) is 29.2 Å². The molecule has 1 aliphatic heterocycles. The predicted molar refractivity (Wildman–Crippen MR) is 74.5 cm³/mol.